The standard InChI is InChI=1S/C10H8BrN3O/c11-8-4-3-5-12-9(8)10(15)13-14-6-1-2-7-14/h1-7H,(H,13,15). The lowest BCUT2D eigenvalue weighted by Crippen LogP contribution is -2.22. The van der Waals surface area contributed by atoms with Gasteiger partial charge >= 0.3 is 0 Å². The molecule has 0 unspecified atom stereocenters. The predicted molar refractivity (Wildman–Crippen MR) is 60.1 cm³/mol. The Morgan fingerprint density at radius 2 is 2.07 bits per heavy atom. The summed E-state index contributed by atoms with van der Waals surface area (Å²) in [6.45, 7) is 0. The van der Waals surface area contributed by atoms with Crippen molar-refractivity contribution in [3.05, 3.63) is 53.0 Å². The van der Waals surface area contributed by atoms with Crippen LogP contribution in [0.1, 0.15) is 10.5 Å². The van der Waals surface area contributed by atoms with Crippen molar-refractivity contribution in [2.24, 2.45) is 0 Å². The van der Waals surface area contributed by atoms with Crippen LogP contribution in [0.4, 0.5) is 0 Å². The van der Waals surface area contributed by atoms with E-state index in [1.165, 1.54) is 0 Å². The number of hydrogen-bond acceptors (Lipinski definition) is 2. The van der Waals surface area contributed by atoms with Crippen LogP contribution in [0.15, 0.2) is 47.3 Å². The number of nitrogens with one attached hydrogen (secondary N) is 1. The van der Waals surface area contributed by atoms with Crippen molar-refractivity contribution in [3.63, 3.8) is 0 Å². The fourth-order valence-electron chi connectivity index (χ4n) is 1.13. The zero-order valence-electron chi connectivity index (χ0n) is 7.72. The number of hydrogen-bond donors (Lipinski definition) is 1. The van der Waals surface area contributed by atoms with E-state index in [0.29, 0.717) is 10.2 Å². The molecule has 4 nitrogen and oxygen atoms in total. The van der Waals surface area contributed by atoms with Crippen molar-refractivity contribution < 1.29 is 4.79 Å². The summed E-state index contributed by atoms with van der Waals surface area (Å²) in [5.41, 5.74) is 3.03. The molecule has 2 rings (SSSR count). The van der Waals surface area contributed by atoms with Crippen molar-refractivity contribution in [1.29, 1.82) is 0 Å². The van der Waals surface area contributed by atoms with E-state index in [1.807, 2.05) is 12.1 Å². The minimum atomic E-state index is -0.251. The molecular formula is C10H8BrN3O. The van der Waals surface area contributed by atoms with E-state index in [1.54, 1.807) is 35.4 Å². The summed E-state index contributed by atoms with van der Waals surface area (Å²) < 4.78 is 2.25. The van der Waals surface area contributed by atoms with Crippen LogP contribution >= 0.6 is 15.9 Å². The highest BCUT2D eigenvalue weighted by atomic mass is 79.9. The first-order chi connectivity index (χ1) is 7.27. The molecule has 0 aliphatic rings. The number of pyridine rings is 1. The predicted octanol–water partition coefficient (Wildman–Crippen LogP) is 2.03. The smallest absolute Gasteiger partial charge is 0.268 e. The highest BCUT2D eigenvalue weighted by molar-refractivity contribution is 9.10. The molecule has 15 heavy (non-hydrogen) atoms. The number of rotatable bonds is 2. The number of carbonyl (C=O) groups is 1. The molecule has 2 aromatic rings. The van der Waals surface area contributed by atoms with Crippen molar-refractivity contribution in [3.8, 4) is 0 Å². The summed E-state index contributed by atoms with van der Waals surface area (Å²) in [5.74, 6) is -0.251. The van der Waals surface area contributed by atoms with E-state index in [2.05, 4.69) is 26.3 Å². The van der Waals surface area contributed by atoms with E-state index in [9.17, 15) is 4.79 Å². The van der Waals surface area contributed by atoms with Gasteiger partial charge in [0.15, 0.2) is 0 Å². The lowest BCUT2D eigenvalue weighted by Gasteiger charge is -2.06. The second-order valence-electron chi connectivity index (χ2n) is 2.87. The van der Waals surface area contributed by atoms with E-state index >= 15 is 0 Å². The van der Waals surface area contributed by atoms with Crippen molar-refractivity contribution in [2.45, 2.75) is 0 Å². The molecule has 2 aromatic heterocycles. The Kier molecular flexibility index (Phi) is 2.82. The molecule has 0 aliphatic carbocycles. The fraction of sp³-hybridized carbons (Fsp3) is 0. The average molecular weight is 266 g/mol. The van der Waals surface area contributed by atoms with Gasteiger partial charge in [0.2, 0.25) is 0 Å². The van der Waals surface area contributed by atoms with Crippen LogP contribution in [0.25, 0.3) is 0 Å². The van der Waals surface area contributed by atoms with E-state index < -0.39 is 0 Å². The normalized spacial score (nSPS) is 9.93. The number of amides is 1. The molecule has 0 radical (unpaired) electrons. The van der Waals surface area contributed by atoms with Gasteiger partial charge < -0.3 is 0 Å². The van der Waals surface area contributed by atoms with E-state index in [4.69, 9.17) is 0 Å². The second-order valence-corrected chi connectivity index (χ2v) is 3.72. The Morgan fingerprint density at radius 1 is 1.33 bits per heavy atom. The van der Waals surface area contributed by atoms with Gasteiger partial charge in [-0.15, -0.1) is 0 Å². The molecule has 76 valence electrons. The molecule has 0 aliphatic heterocycles. The average Bonchev–Trinajstić information content (AvgIpc) is 2.71. The Morgan fingerprint density at radius 3 is 2.73 bits per heavy atom. The summed E-state index contributed by atoms with van der Waals surface area (Å²) in [5, 5.41) is 0. The molecule has 5 heteroatoms. The van der Waals surface area contributed by atoms with Gasteiger partial charge in [-0.2, -0.15) is 0 Å². The lowest BCUT2D eigenvalue weighted by atomic mass is 10.3. The van der Waals surface area contributed by atoms with Crippen molar-refractivity contribution in [1.82, 2.24) is 9.66 Å². The zero-order chi connectivity index (χ0) is 10.7. The van der Waals surface area contributed by atoms with Gasteiger partial charge in [-0.25, -0.2) is 4.98 Å². The fourth-order valence-corrected chi connectivity index (χ4v) is 1.57. The van der Waals surface area contributed by atoms with Crippen LogP contribution in [0.5, 0.6) is 0 Å². The Hall–Kier alpha value is -1.62. The van der Waals surface area contributed by atoms with Gasteiger partial charge in [-0.05, 0) is 40.2 Å². The Balaban J connectivity index is 2.19. The highest BCUT2D eigenvalue weighted by Gasteiger charge is 2.10. The first kappa shape index (κ1) is 9.92. The maximum Gasteiger partial charge on any atom is 0.289 e. The van der Waals surface area contributed by atoms with Crippen LogP contribution in [-0.2, 0) is 0 Å². The molecule has 1 N–H and O–H groups in total. The number of carbonyl (C=O) groups excluding carboxylic acids is 1. The summed E-state index contributed by atoms with van der Waals surface area (Å²) in [7, 11) is 0. The van der Waals surface area contributed by atoms with E-state index in [0.717, 1.165) is 0 Å². The van der Waals surface area contributed by atoms with Crippen molar-refractivity contribution in [2.75, 3.05) is 5.43 Å². The summed E-state index contributed by atoms with van der Waals surface area (Å²) in [6.07, 6.45) is 5.07. The van der Waals surface area contributed by atoms with Gasteiger partial charge in [0.1, 0.15) is 5.69 Å². The molecule has 0 saturated heterocycles. The lowest BCUT2D eigenvalue weighted by molar-refractivity contribution is 0.100. The molecule has 1 amide bonds. The topological polar surface area (TPSA) is 46.9 Å². The van der Waals surface area contributed by atoms with Gasteiger partial charge in [0, 0.05) is 23.1 Å². The molecule has 2 heterocycles. The summed E-state index contributed by atoms with van der Waals surface area (Å²) in [6, 6.07) is 7.19. The first-order valence-electron chi connectivity index (χ1n) is 4.32. The van der Waals surface area contributed by atoms with Gasteiger partial charge in [-0.3, -0.25) is 14.9 Å². The van der Waals surface area contributed by atoms with Gasteiger partial charge in [-0.1, -0.05) is 0 Å². The first-order valence-corrected chi connectivity index (χ1v) is 5.11. The second kappa shape index (κ2) is 4.27. The highest BCUT2D eigenvalue weighted by Crippen LogP contribution is 2.12. The van der Waals surface area contributed by atoms with Crippen LogP contribution in [0, 0.1) is 0 Å². The van der Waals surface area contributed by atoms with Gasteiger partial charge in [0.25, 0.3) is 5.91 Å². The molecule has 0 aromatic carbocycles. The number of halogens is 1. The largest absolute Gasteiger partial charge is 0.289 e. The summed E-state index contributed by atoms with van der Waals surface area (Å²) >= 11 is 3.27. The maximum absolute atomic E-state index is 11.7. The number of aromatic nitrogens is 2. The number of nitrogens with zero attached hydrogens (tertiary/aromatic N) is 2. The zero-order valence-corrected chi connectivity index (χ0v) is 9.31. The third kappa shape index (κ3) is 2.24. The molecule has 0 bridgehead atoms. The Labute approximate surface area is 95.0 Å². The maximum atomic E-state index is 11.7. The van der Waals surface area contributed by atoms with Crippen molar-refractivity contribution >= 4 is 21.8 Å². The third-order valence-electron chi connectivity index (χ3n) is 1.81. The van der Waals surface area contributed by atoms with Crippen LogP contribution in [-0.4, -0.2) is 15.6 Å². The SMILES string of the molecule is O=C(Nn1cccc1)c1ncccc1Br. The minimum Gasteiger partial charge on any atom is -0.268 e. The van der Waals surface area contributed by atoms with E-state index in [-0.39, 0.29) is 5.91 Å². The quantitative estimate of drug-likeness (QED) is 0.904. The third-order valence-corrected chi connectivity index (χ3v) is 2.45. The minimum absolute atomic E-state index is 0.251. The molecule has 0 fully saturated rings. The van der Waals surface area contributed by atoms with Crippen LogP contribution in [0.3, 0.4) is 0 Å². The van der Waals surface area contributed by atoms with Gasteiger partial charge in [0.05, 0.1) is 0 Å². The van der Waals surface area contributed by atoms with Crippen LogP contribution in [0.2, 0.25) is 0 Å². The Bertz CT molecular complexity index is 467. The summed E-state index contributed by atoms with van der Waals surface area (Å²) in [4.78, 5) is 15.7. The van der Waals surface area contributed by atoms with Crippen LogP contribution < -0.4 is 5.43 Å². The molecular weight excluding hydrogens is 258 g/mol. The monoisotopic (exact) mass is 265 g/mol. The molecule has 0 spiro atoms. The molecule has 0 atom stereocenters. The molecule has 0 saturated carbocycles.